The number of ether oxygens (including phenoxy) is 3. The fourth-order valence-electron chi connectivity index (χ4n) is 2.65. The van der Waals surface area contributed by atoms with E-state index in [0.717, 1.165) is 0 Å². The summed E-state index contributed by atoms with van der Waals surface area (Å²) >= 11 is 0. The van der Waals surface area contributed by atoms with E-state index < -0.39 is 5.79 Å². The molecule has 0 atom stereocenters. The van der Waals surface area contributed by atoms with E-state index in [4.69, 9.17) is 14.2 Å². The lowest BCUT2D eigenvalue weighted by Gasteiger charge is -2.37. The monoisotopic (exact) mass is 278 g/mol. The summed E-state index contributed by atoms with van der Waals surface area (Å²) in [6, 6.07) is 5.20. The van der Waals surface area contributed by atoms with Gasteiger partial charge in [0.25, 0.3) is 5.91 Å². The van der Waals surface area contributed by atoms with Gasteiger partial charge in [0.1, 0.15) is 5.69 Å². The maximum absolute atomic E-state index is 12.4. The van der Waals surface area contributed by atoms with Gasteiger partial charge in [-0.25, -0.2) is 4.98 Å². The maximum Gasteiger partial charge on any atom is 0.272 e. The molecule has 0 radical (unpaired) electrons. The number of piperidine rings is 1. The second kappa shape index (κ2) is 5.38. The SMILES string of the molecule is COc1cccc(C(=O)N2CCC3(CC2)OCCO3)n1. The Kier molecular flexibility index (Phi) is 3.58. The van der Waals surface area contributed by atoms with Gasteiger partial charge in [0.15, 0.2) is 5.79 Å². The van der Waals surface area contributed by atoms with Crippen molar-refractivity contribution in [1.29, 1.82) is 0 Å². The lowest BCUT2D eigenvalue weighted by Crippen LogP contribution is -2.47. The predicted octanol–water partition coefficient (Wildman–Crippen LogP) is 1.07. The van der Waals surface area contributed by atoms with Crippen LogP contribution < -0.4 is 4.74 Å². The van der Waals surface area contributed by atoms with Crippen LogP contribution in [0.25, 0.3) is 0 Å². The number of methoxy groups -OCH3 is 1. The molecule has 6 heteroatoms. The van der Waals surface area contributed by atoms with E-state index in [1.54, 1.807) is 23.1 Å². The average Bonchev–Trinajstić information content (AvgIpc) is 2.96. The zero-order chi connectivity index (χ0) is 14.0. The molecule has 108 valence electrons. The number of nitrogens with zero attached hydrogens (tertiary/aromatic N) is 2. The third-order valence-corrected chi connectivity index (χ3v) is 3.78. The first-order chi connectivity index (χ1) is 9.72. The molecular weight excluding hydrogens is 260 g/mol. The Bertz CT molecular complexity index is 490. The number of carbonyl (C=O) groups is 1. The number of rotatable bonds is 2. The van der Waals surface area contributed by atoms with Crippen molar-refractivity contribution in [2.45, 2.75) is 18.6 Å². The topological polar surface area (TPSA) is 60.9 Å². The minimum atomic E-state index is -0.460. The average molecular weight is 278 g/mol. The molecule has 0 unspecified atom stereocenters. The number of hydrogen-bond acceptors (Lipinski definition) is 5. The van der Waals surface area contributed by atoms with Gasteiger partial charge in [-0.05, 0) is 6.07 Å². The van der Waals surface area contributed by atoms with Crippen LogP contribution in [0.2, 0.25) is 0 Å². The summed E-state index contributed by atoms with van der Waals surface area (Å²) in [5.41, 5.74) is 0.411. The molecule has 1 spiro atoms. The molecule has 6 nitrogen and oxygen atoms in total. The van der Waals surface area contributed by atoms with Gasteiger partial charge in [-0.2, -0.15) is 0 Å². The lowest BCUT2D eigenvalue weighted by atomic mass is 10.0. The van der Waals surface area contributed by atoms with Crippen LogP contribution in [-0.4, -0.2) is 55.0 Å². The number of hydrogen-bond donors (Lipinski definition) is 0. The first kappa shape index (κ1) is 13.3. The van der Waals surface area contributed by atoms with Crippen LogP contribution in [0.5, 0.6) is 5.88 Å². The standard InChI is InChI=1S/C14H18N2O4/c1-18-12-4-2-3-11(15-12)13(17)16-7-5-14(6-8-16)19-9-10-20-14/h2-4H,5-10H2,1H3. The summed E-state index contributed by atoms with van der Waals surface area (Å²) in [4.78, 5) is 18.4. The molecule has 0 aromatic carbocycles. The van der Waals surface area contributed by atoms with Crippen molar-refractivity contribution in [3.05, 3.63) is 23.9 Å². The Hall–Kier alpha value is -1.66. The summed E-state index contributed by atoms with van der Waals surface area (Å²) in [5, 5.41) is 0. The highest BCUT2D eigenvalue weighted by molar-refractivity contribution is 5.92. The van der Waals surface area contributed by atoms with Gasteiger partial charge in [0.05, 0.1) is 20.3 Å². The van der Waals surface area contributed by atoms with E-state index in [1.165, 1.54) is 7.11 Å². The van der Waals surface area contributed by atoms with Crippen molar-refractivity contribution < 1.29 is 19.0 Å². The van der Waals surface area contributed by atoms with Crippen molar-refractivity contribution in [2.24, 2.45) is 0 Å². The molecule has 1 aromatic heterocycles. The first-order valence-corrected chi connectivity index (χ1v) is 6.81. The third kappa shape index (κ3) is 2.48. The van der Waals surface area contributed by atoms with E-state index in [2.05, 4.69) is 4.98 Å². The van der Waals surface area contributed by atoms with E-state index in [9.17, 15) is 4.79 Å². The maximum atomic E-state index is 12.4. The molecule has 0 aliphatic carbocycles. The molecule has 3 rings (SSSR count). The number of amides is 1. The minimum Gasteiger partial charge on any atom is -0.481 e. The van der Waals surface area contributed by atoms with Crippen molar-refractivity contribution in [3.8, 4) is 5.88 Å². The Morgan fingerprint density at radius 1 is 1.30 bits per heavy atom. The number of likely N-dealkylation sites (tertiary alicyclic amines) is 1. The molecule has 1 amide bonds. The van der Waals surface area contributed by atoms with Gasteiger partial charge < -0.3 is 19.1 Å². The van der Waals surface area contributed by atoms with Crippen LogP contribution in [-0.2, 0) is 9.47 Å². The molecule has 1 aromatic rings. The van der Waals surface area contributed by atoms with E-state index in [-0.39, 0.29) is 5.91 Å². The van der Waals surface area contributed by atoms with Crippen molar-refractivity contribution in [1.82, 2.24) is 9.88 Å². The van der Waals surface area contributed by atoms with Crippen molar-refractivity contribution in [3.63, 3.8) is 0 Å². The fraction of sp³-hybridized carbons (Fsp3) is 0.571. The molecule has 2 saturated heterocycles. The van der Waals surface area contributed by atoms with Gasteiger partial charge in [0.2, 0.25) is 5.88 Å². The van der Waals surface area contributed by atoms with Gasteiger partial charge in [-0.3, -0.25) is 4.79 Å². The molecule has 2 aliphatic rings. The van der Waals surface area contributed by atoms with E-state index in [0.29, 0.717) is 50.7 Å². The van der Waals surface area contributed by atoms with Gasteiger partial charge in [-0.1, -0.05) is 6.07 Å². The summed E-state index contributed by atoms with van der Waals surface area (Å²) < 4.78 is 16.4. The third-order valence-electron chi connectivity index (χ3n) is 3.78. The molecule has 3 heterocycles. The molecule has 0 saturated carbocycles. The van der Waals surface area contributed by atoms with Crippen molar-refractivity contribution >= 4 is 5.91 Å². The first-order valence-electron chi connectivity index (χ1n) is 6.81. The van der Waals surface area contributed by atoms with Crippen LogP contribution in [0.15, 0.2) is 18.2 Å². The lowest BCUT2D eigenvalue weighted by molar-refractivity contribution is -0.181. The second-order valence-corrected chi connectivity index (χ2v) is 4.96. The molecule has 0 bridgehead atoms. The highest BCUT2D eigenvalue weighted by atomic mass is 16.7. The van der Waals surface area contributed by atoms with E-state index in [1.807, 2.05) is 0 Å². The molecular formula is C14H18N2O4. The Morgan fingerprint density at radius 2 is 2.00 bits per heavy atom. The van der Waals surface area contributed by atoms with Crippen LogP contribution in [0.4, 0.5) is 0 Å². The van der Waals surface area contributed by atoms with Gasteiger partial charge in [-0.15, -0.1) is 0 Å². The zero-order valence-corrected chi connectivity index (χ0v) is 11.5. The van der Waals surface area contributed by atoms with Crippen LogP contribution in [0.1, 0.15) is 23.3 Å². The Balaban J connectivity index is 1.66. The molecule has 0 N–H and O–H groups in total. The number of aromatic nitrogens is 1. The molecule has 2 aliphatic heterocycles. The summed E-state index contributed by atoms with van der Waals surface area (Å²) in [5.74, 6) is -0.0815. The Labute approximate surface area is 117 Å². The summed E-state index contributed by atoms with van der Waals surface area (Å²) in [7, 11) is 1.54. The Morgan fingerprint density at radius 3 is 2.65 bits per heavy atom. The zero-order valence-electron chi connectivity index (χ0n) is 11.5. The highest BCUT2D eigenvalue weighted by Gasteiger charge is 2.41. The van der Waals surface area contributed by atoms with Crippen LogP contribution in [0.3, 0.4) is 0 Å². The highest BCUT2D eigenvalue weighted by Crippen LogP contribution is 2.31. The quantitative estimate of drug-likeness (QED) is 0.810. The van der Waals surface area contributed by atoms with E-state index >= 15 is 0 Å². The van der Waals surface area contributed by atoms with Gasteiger partial charge in [0, 0.05) is 32.0 Å². The fourth-order valence-corrected chi connectivity index (χ4v) is 2.65. The minimum absolute atomic E-state index is 0.0725. The second-order valence-electron chi connectivity index (χ2n) is 4.96. The summed E-state index contributed by atoms with van der Waals surface area (Å²) in [6.45, 7) is 2.53. The molecule has 2 fully saturated rings. The normalized spacial score (nSPS) is 21.1. The summed E-state index contributed by atoms with van der Waals surface area (Å²) in [6.07, 6.45) is 1.42. The number of pyridine rings is 1. The predicted molar refractivity (Wildman–Crippen MR) is 70.6 cm³/mol. The van der Waals surface area contributed by atoms with Crippen LogP contribution >= 0.6 is 0 Å². The van der Waals surface area contributed by atoms with Gasteiger partial charge >= 0.3 is 0 Å². The van der Waals surface area contributed by atoms with Crippen LogP contribution in [0, 0.1) is 0 Å². The number of carbonyl (C=O) groups excluding carboxylic acids is 1. The largest absolute Gasteiger partial charge is 0.481 e. The smallest absolute Gasteiger partial charge is 0.272 e. The molecule has 20 heavy (non-hydrogen) atoms. The van der Waals surface area contributed by atoms with Crippen molar-refractivity contribution in [2.75, 3.05) is 33.4 Å².